The number of furan rings is 2. The third-order valence-electron chi connectivity index (χ3n) is 10.5. The molecule has 41 heavy (non-hydrogen) atoms. The van der Waals surface area contributed by atoms with E-state index in [1.165, 1.54) is 0 Å². The van der Waals surface area contributed by atoms with Crippen LogP contribution in [0.4, 0.5) is 0 Å². The normalized spacial score (nSPS) is 38.2. The lowest BCUT2D eigenvalue weighted by atomic mass is 9.43. The lowest BCUT2D eigenvalue weighted by Crippen LogP contribution is -2.67. The second-order valence-corrected chi connectivity index (χ2v) is 14.2. The van der Waals surface area contributed by atoms with Gasteiger partial charge in [-0.05, 0) is 106 Å². The smallest absolute Gasteiger partial charge is 0.374 e. The van der Waals surface area contributed by atoms with Crippen LogP contribution in [0.2, 0.25) is 0 Å². The van der Waals surface area contributed by atoms with Crippen LogP contribution in [-0.2, 0) is 23.7 Å². The highest BCUT2D eigenvalue weighted by Gasteiger charge is 2.70. The van der Waals surface area contributed by atoms with Crippen LogP contribution in [0.15, 0.2) is 42.4 Å². The van der Waals surface area contributed by atoms with Gasteiger partial charge in [-0.2, -0.15) is 0 Å². The Morgan fingerprint density at radius 2 is 1.63 bits per heavy atom. The molecule has 2 saturated heterocycles. The van der Waals surface area contributed by atoms with E-state index >= 15 is 0 Å². The molecule has 4 heterocycles. The molecule has 0 radical (unpaired) electrons. The number of ether oxygens (including phenoxy) is 4. The molecule has 2 aromatic heterocycles. The summed E-state index contributed by atoms with van der Waals surface area (Å²) in [5.41, 5.74) is -2.14. The fourth-order valence-electron chi connectivity index (χ4n) is 8.42. The summed E-state index contributed by atoms with van der Waals surface area (Å²) in [6, 6.07) is 6.41. The van der Waals surface area contributed by atoms with E-state index in [2.05, 4.69) is 45.7 Å². The summed E-state index contributed by atoms with van der Waals surface area (Å²) in [5.74, 6) is -0.918. The number of esters is 3. The Morgan fingerprint density at radius 3 is 2.24 bits per heavy atom. The van der Waals surface area contributed by atoms with E-state index in [0.717, 1.165) is 32.1 Å². The lowest BCUT2D eigenvalue weighted by Gasteiger charge is -2.65. The van der Waals surface area contributed by atoms with Gasteiger partial charge in [0, 0.05) is 10.8 Å². The number of hydrogen-bond acceptors (Lipinski definition) is 9. The molecule has 2 saturated carbocycles. The summed E-state index contributed by atoms with van der Waals surface area (Å²) in [6.45, 7) is 6.88. The third kappa shape index (κ3) is 4.70. The first-order valence-electron chi connectivity index (χ1n) is 14.1. The lowest BCUT2D eigenvalue weighted by molar-refractivity contribution is -0.265. The average Bonchev–Trinajstić information content (AvgIpc) is 3.72. The van der Waals surface area contributed by atoms with Gasteiger partial charge < -0.3 is 27.8 Å². The monoisotopic (exact) mass is 696 g/mol. The molecule has 2 aromatic rings. The van der Waals surface area contributed by atoms with Crippen molar-refractivity contribution in [2.45, 2.75) is 83.0 Å². The number of cyclic esters (lactones) is 1. The van der Waals surface area contributed by atoms with E-state index in [-0.39, 0.29) is 54.4 Å². The second kappa shape index (κ2) is 10.3. The van der Waals surface area contributed by atoms with Gasteiger partial charge >= 0.3 is 17.9 Å². The number of carbonyl (C=O) groups excluding carboxylic acids is 3. The number of fused-ring (bicyclic) bond motifs is 2. The Labute approximate surface area is 255 Å². The van der Waals surface area contributed by atoms with Gasteiger partial charge in [0.1, 0.15) is 24.9 Å². The van der Waals surface area contributed by atoms with E-state index in [1.807, 2.05) is 6.92 Å². The number of halogens is 2. The Bertz CT molecular complexity index is 1370. The molecule has 0 N–H and O–H groups in total. The molecule has 0 bridgehead atoms. The summed E-state index contributed by atoms with van der Waals surface area (Å²) >= 11 is 6.48. The molecular formula is C30H34Br2O9. The molecule has 2 aliphatic heterocycles. The minimum atomic E-state index is -0.736. The number of hydrogen-bond donors (Lipinski definition) is 0. The first kappa shape index (κ1) is 29.0. The maximum atomic E-state index is 13.2. The highest BCUT2D eigenvalue weighted by molar-refractivity contribution is 9.10. The summed E-state index contributed by atoms with van der Waals surface area (Å²) < 4.78 is 36.3. The van der Waals surface area contributed by atoms with Crippen molar-refractivity contribution in [3.63, 3.8) is 0 Å². The molecule has 4 fully saturated rings. The topological polar surface area (TPSA) is 114 Å². The van der Waals surface area contributed by atoms with Gasteiger partial charge in [0.2, 0.25) is 11.5 Å². The zero-order chi connectivity index (χ0) is 29.2. The Morgan fingerprint density at radius 1 is 0.951 bits per heavy atom. The molecule has 2 spiro atoms. The molecule has 6 rings (SSSR count). The van der Waals surface area contributed by atoms with Crippen molar-refractivity contribution in [1.29, 1.82) is 0 Å². The third-order valence-corrected chi connectivity index (χ3v) is 11.4. The van der Waals surface area contributed by atoms with Crippen LogP contribution in [-0.4, -0.2) is 48.4 Å². The van der Waals surface area contributed by atoms with Crippen molar-refractivity contribution in [3.8, 4) is 0 Å². The Hall–Kier alpha value is -2.11. The van der Waals surface area contributed by atoms with Crippen LogP contribution in [0.3, 0.4) is 0 Å². The first-order valence-corrected chi connectivity index (χ1v) is 15.7. The summed E-state index contributed by atoms with van der Waals surface area (Å²) in [6.07, 6.45) is 4.37. The van der Waals surface area contributed by atoms with E-state index in [0.29, 0.717) is 15.8 Å². The van der Waals surface area contributed by atoms with Crippen LogP contribution in [0, 0.1) is 22.7 Å². The number of rotatable bonds is 5. The van der Waals surface area contributed by atoms with Gasteiger partial charge in [0.15, 0.2) is 9.34 Å². The van der Waals surface area contributed by atoms with Crippen LogP contribution in [0.5, 0.6) is 0 Å². The van der Waals surface area contributed by atoms with Crippen molar-refractivity contribution < 1.29 is 42.2 Å². The largest absolute Gasteiger partial charge is 0.463 e. The van der Waals surface area contributed by atoms with Crippen LogP contribution in [0.1, 0.15) is 86.8 Å². The van der Waals surface area contributed by atoms with E-state index < -0.39 is 34.7 Å². The summed E-state index contributed by atoms with van der Waals surface area (Å²) in [5, 5.41) is 0. The first-order chi connectivity index (χ1) is 19.4. The van der Waals surface area contributed by atoms with Crippen molar-refractivity contribution in [3.05, 3.63) is 45.1 Å². The highest BCUT2D eigenvalue weighted by atomic mass is 79.9. The van der Waals surface area contributed by atoms with Gasteiger partial charge in [-0.3, -0.25) is 4.79 Å². The van der Waals surface area contributed by atoms with Gasteiger partial charge in [-0.1, -0.05) is 20.8 Å². The molecule has 4 aliphatic rings. The molecule has 9 nitrogen and oxygen atoms in total. The molecule has 0 aromatic carbocycles. The van der Waals surface area contributed by atoms with Gasteiger partial charge in [0.05, 0.1) is 12.0 Å². The Balaban J connectivity index is 1.33. The van der Waals surface area contributed by atoms with Gasteiger partial charge in [0.25, 0.3) is 0 Å². The maximum absolute atomic E-state index is 13.2. The van der Waals surface area contributed by atoms with Crippen molar-refractivity contribution in [1.82, 2.24) is 0 Å². The van der Waals surface area contributed by atoms with Crippen LogP contribution < -0.4 is 0 Å². The zero-order valence-electron chi connectivity index (χ0n) is 23.3. The SMILES string of the molecule is C[C@@H]1CC[C@H]2[C@](C)(COC(=O)c3ccc(Br)o3)[C@@H](OC(=O)c3ccc(Br)o3)CC[C@]2(C)[C@@]12CC[C@@]1(COC(=O)C1)O2. The quantitative estimate of drug-likeness (QED) is 0.244. The maximum Gasteiger partial charge on any atom is 0.374 e. The fourth-order valence-corrected chi connectivity index (χ4v) is 9.04. The zero-order valence-corrected chi connectivity index (χ0v) is 26.5. The second-order valence-electron chi connectivity index (χ2n) is 12.7. The molecule has 7 atom stereocenters. The molecule has 222 valence electrons. The predicted molar refractivity (Wildman–Crippen MR) is 151 cm³/mol. The minimum absolute atomic E-state index is 0.00889. The van der Waals surface area contributed by atoms with Crippen LogP contribution in [0.25, 0.3) is 0 Å². The summed E-state index contributed by atoms with van der Waals surface area (Å²) in [4.78, 5) is 38.3. The minimum Gasteiger partial charge on any atom is -0.463 e. The molecule has 11 heteroatoms. The van der Waals surface area contributed by atoms with Crippen molar-refractivity contribution in [2.75, 3.05) is 13.2 Å². The van der Waals surface area contributed by atoms with E-state index in [4.69, 9.17) is 27.8 Å². The molecular weight excluding hydrogens is 664 g/mol. The standard InChI is InChI=1S/C30H34Br2O9/c1-17-4-7-20-27(2,15-37-25(34)18-5-8-22(31)38-18)21(40-26(35)19-6-9-23(32)39-19)10-11-28(20,3)30(17)13-12-29(41-30)14-24(33)36-16-29/h5-6,8-9,17,20-21H,4,7,10-16H2,1-3H3/t17-,20+,21+,27+,28+,29-,30-/m1/s1. The van der Waals surface area contributed by atoms with Gasteiger partial charge in [-0.25, -0.2) is 9.59 Å². The van der Waals surface area contributed by atoms with Gasteiger partial charge in [-0.15, -0.1) is 0 Å². The van der Waals surface area contributed by atoms with Crippen molar-refractivity contribution in [2.24, 2.45) is 22.7 Å². The predicted octanol–water partition coefficient (Wildman–Crippen LogP) is 6.87. The van der Waals surface area contributed by atoms with Crippen LogP contribution >= 0.6 is 31.9 Å². The average molecular weight is 698 g/mol. The van der Waals surface area contributed by atoms with E-state index in [1.54, 1.807) is 24.3 Å². The molecule has 0 unspecified atom stereocenters. The molecule has 2 aliphatic carbocycles. The number of carbonyl (C=O) groups is 3. The molecule has 0 amide bonds. The summed E-state index contributed by atoms with van der Waals surface area (Å²) in [7, 11) is 0. The fraction of sp³-hybridized carbons (Fsp3) is 0.633. The van der Waals surface area contributed by atoms with E-state index in [9.17, 15) is 14.4 Å². The highest BCUT2D eigenvalue weighted by Crippen LogP contribution is 2.68. The van der Waals surface area contributed by atoms with Crippen molar-refractivity contribution >= 4 is 49.8 Å². The Kier molecular flexibility index (Phi) is 7.25.